The number of ether oxygens (including phenoxy) is 1. The van der Waals surface area contributed by atoms with Crippen LogP contribution >= 0.6 is 0 Å². The van der Waals surface area contributed by atoms with E-state index in [4.69, 9.17) is 10.2 Å². The van der Waals surface area contributed by atoms with E-state index >= 15 is 0 Å². The average Bonchev–Trinajstić information content (AvgIpc) is 1.90. The number of hydrogen-bond acceptors (Lipinski definition) is 4. The van der Waals surface area contributed by atoms with E-state index in [1.165, 1.54) is 6.92 Å². The van der Waals surface area contributed by atoms with Gasteiger partial charge in [0, 0.05) is 0 Å². The Hall–Kier alpha value is -1.10. The van der Waals surface area contributed by atoms with Gasteiger partial charge in [0.25, 0.3) is 6.47 Å². The summed E-state index contributed by atoms with van der Waals surface area (Å²) in [6, 6.07) is 0. The van der Waals surface area contributed by atoms with Gasteiger partial charge in [-0.25, -0.2) is 4.79 Å². The fraction of sp³-hybridized carbons (Fsp3) is 0.667. The molecule has 0 aliphatic carbocycles. The molecule has 1 atom stereocenters. The number of carboxylic acid groups (broad SMARTS) is 1. The molecule has 0 bridgehead atoms. The smallest absolute Gasteiger partial charge is 0.332 e. The molecule has 2 N–H and O–H groups in total. The van der Waals surface area contributed by atoms with E-state index in [0.29, 0.717) is 13.1 Å². The van der Waals surface area contributed by atoms with Gasteiger partial charge >= 0.3 is 5.97 Å². The Morgan fingerprint density at radius 2 is 2.09 bits per heavy atom. The molecule has 0 aliphatic heterocycles. The first-order chi connectivity index (χ1) is 5.06. The summed E-state index contributed by atoms with van der Waals surface area (Å²) >= 11 is 0. The molecule has 0 saturated heterocycles. The molecule has 0 spiro atoms. The standard InChI is InChI=1S/C3H6O3.C3H6O2/c1-2(4)3(5)6;1-2-5-3-4/h2,4H,1H3,(H,5,6);3H,2H2,1H3. The van der Waals surface area contributed by atoms with Crippen LogP contribution in [-0.2, 0) is 14.3 Å². The number of carbonyl (C=O) groups excluding carboxylic acids is 1. The van der Waals surface area contributed by atoms with Crippen molar-refractivity contribution in [1.82, 2.24) is 0 Å². The minimum Gasteiger partial charge on any atom is -0.479 e. The van der Waals surface area contributed by atoms with Crippen LogP contribution in [0.5, 0.6) is 0 Å². The molecule has 0 heterocycles. The maximum atomic E-state index is 9.45. The van der Waals surface area contributed by atoms with Gasteiger partial charge in [-0.2, -0.15) is 0 Å². The zero-order valence-corrected chi connectivity index (χ0v) is 6.48. The lowest BCUT2D eigenvalue weighted by molar-refractivity contribution is -0.145. The van der Waals surface area contributed by atoms with Crippen molar-refractivity contribution < 1.29 is 24.5 Å². The van der Waals surface area contributed by atoms with Crippen LogP contribution in [0.15, 0.2) is 0 Å². The van der Waals surface area contributed by atoms with E-state index in [9.17, 15) is 9.59 Å². The highest BCUT2D eigenvalue weighted by Crippen LogP contribution is 1.73. The zero-order valence-electron chi connectivity index (χ0n) is 6.48. The number of carboxylic acids is 1. The van der Waals surface area contributed by atoms with Crippen molar-refractivity contribution >= 4 is 12.4 Å². The summed E-state index contributed by atoms with van der Waals surface area (Å²) in [5.41, 5.74) is 0. The van der Waals surface area contributed by atoms with E-state index in [2.05, 4.69) is 4.74 Å². The predicted octanol–water partition coefficient (Wildman–Crippen LogP) is -0.369. The third kappa shape index (κ3) is 17.6. The first-order valence-electron chi connectivity index (χ1n) is 3.02. The summed E-state index contributed by atoms with van der Waals surface area (Å²) in [4.78, 5) is 18.6. The van der Waals surface area contributed by atoms with E-state index in [1.807, 2.05) is 0 Å². The van der Waals surface area contributed by atoms with Gasteiger partial charge in [-0.15, -0.1) is 0 Å². The van der Waals surface area contributed by atoms with Gasteiger partial charge in [0.1, 0.15) is 6.10 Å². The molecule has 5 heteroatoms. The molecule has 0 aromatic rings. The molecule has 0 aromatic heterocycles. The lowest BCUT2D eigenvalue weighted by Gasteiger charge is -1.89. The second-order valence-electron chi connectivity index (χ2n) is 1.57. The van der Waals surface area contributed by atoms with E-state index < -0.39 is 12.1 Å². The summed E-state index contributed by atoms with van der Waals surface area (Å²) in [6.07, 6.45) is -1.23. The van der Waals surface area contributed by atoms with Gasteiger partial charge in [-0.05, 0) is 13.8 Å². The van der Waals surface area contributed by atoms with Gasteiger partial charge in [0.15, 0.2) is 0 Å². The van der Waals surface area contributed by atoms with Gasteiger partial charge in [-0.1, -0.05) is 0 Å². The number of aliphatic hydroxyl groups is 1. The number of carbonyl (C=O) groups is 2. The van der Waals surface area contributed by atoms with E-state index in [-0.39, 0.29) is 0 Å². The van der Waals surface area contributed by atoms with Gasteiger partial charge in [0.05, 0.1) is 6.61 Å². The quantitative estimate of drug-likeness (QED) is 0.556. The lowest BCUT2D eigenvalue weighted by atomic mass is 10.4. The third-order valence-electron chi connectivity index (χ3n) is 0.592. The van der Waals surface area contributed by atoms with Crippen molar-refractivity contribution in [3.05, 3.63) is 0 Å². The Morgan fingerprint density at radius 1 is 1.73 bits per heavy atom. The van der Waals surface area contributed by atoms with Crippen molar-refractivity contribution in [2.24, 2.45) is 0 Å². The van der Waals surface area contributed by atoms with Crippen molar-refractivity contribution in [3.8, 4) is 0 Å². The highest BCUT2D eigenvalue weighted by Gasteiger charge is 2.01. The van der Waals surface area contributed by atoms with Crippen molar-refractivity contribution in [2.45, 2.75) is 20.0 Å². The molecule has 0 fully saturated rings. The van der Waals surface area contributed by atoms with Gasteiger partial charge in [0.2, 0.25) is 0 Å². The Balaban J connectivity index is 0. The Bertz CT molecular complexity index is 110. The number of rotatable bonds is 3. The fourth-order valence-corrected chi connectivity index (χ4v) is 0.0680. The SMILES string of the molecule is CC(O)C(=O)O.CCOC=O. The maximum absolute atomic E-state index is 9.45. The van der Waals surface area contributed by atoms with E-state index in [0.717, 1.165) is 0 Å². The van der Waals surface area contributed by atoms with Crippen LogP contribution in [0.2, 0.25) is 0 Å². The molecule has 5 nitrogen and oxygen atoms in total. The highest BCUT2D eigenvalue weighted by molar-refractivity contribution is 5.71. The number of aliphatic hydroxyl groups excluding tert-OH is 1. The molecule has 11 heavy (non-hydrogen) atoms. The highest BCUT2D eigenvalue weighted by atomic mass is 16.5. The summed E-state index contributed by atoms with van der Waals surface area (Å²) in [5, 5.41) is 15.8. The third-order valence-corrected chi connectivity index (χ3v) is 0.592. The summed E-state index contributed by atoms with van der Waals surface area (Å²) in [7, 11) is 0. The summed E-state index contributed by atoms with van der Waals surface area (Å²) < 4.78 is 4.15. The summed E-state index contributed by atoms with van der Waals surface area (Å²) in [6.45, 7) is 3.86. The number of aliphatic carboxylic acids is 1. The van der Waals surface area contributed by atoms with Crippen LogP contribution in [0.3, 0.4) is 0 Å². The predicted molar refractivity (Wildman–Crippen MR) is 37.0 cm³/mol. The first-order valence-corrected chi connectivity index (χ1v) is 3.02. The Labute approximate surface area is 64.6 Å². The second kappa shape index (κ2) is 8.90. The Kier molecular flexibility index (Phi) is 10.2. The average molecular weight is 164 g/mol. The molecule has 0 rings (SSSR count). The molecule has 0 aliphatic rings. The van der Waals surface area contributed by atoms with Crippen LogP contribution in [-0.4, -0.2) is 35.4 Å². The first kappa shape index (κ1) is 12.6. The lowest BCUT2D eigenvalue weighted by Crippen LogP contribution is -2.13. The zero-order chi connectivity index (χ0) is 9.28. The maximum Gasteiger partial charge on any atom is 0.332 e. The normalized spacial score (nSPS) is 10.5. The molecule has 0 aromatic carbocycles. The molecular formula is C6H12O5. The monoisotopic (exact) mass is 164 g/mol. The van der Waals surface area contributed by atoms with Crippen LogP contribution in [0.1, 0.15) is 13.8 Å². The van der Waals surface area contributed by atoms with Crippen LogP contribution in [0, 0.1) is 0 Å². The molecule has 1 unspecified atom stereocenters. The van der Waals surface area contributed by atoms with Crippen LogP contribution < -0.4 is 0 Å². The van der Waals surface area contributed by atoms with Crippen LogP contribution in [0.25, 0.3) is 0 Å². The van der Waals surface area contributed by atoms with Crippen molar-refractivity contribution in [3.63, 3.8) is 0 Å². The minimum absolute atomic E-state index is 0.431. The fourth-order valence-electron chi connectivity index (χ4n) is 0.0680. The summed E-state index contributed by atoms with van der Waals surface area (Å²) in [5.74, 6) is -1.19. The van der Waals surface area contributed by atoms with Crippen LogP contribution in [0.4, 0.5) is 0 Å². The molecule has 0 amide bonds. The van der Waals surface area contributed by atoms with Crippen molar-refractivity contribution in [2.75, 3.05) is 6.61 Å². The molecular weight excluding hydrogens is 152 g/mol. The topological polar surface area (TPSA) is 83.8 Å². The largest absolute Gasteiger partial charge is 0.479 e. The Morgan fingerprint density at radius 3 is 2.09 bits per heavy atom. The van der Waals surface area contributed by atoms with Crippen molar-refractivity contribution in [1.29, 1.82) is 0 Å². The molecule has 0 radical (unpaired) electrons. The van der Waals surface area contributed by atoms with E-state index in [1.54, 1.807) is 6.92 Å². The number of hydrogen-bond donors (Lipinski definition) is 2. The van der Waals surface area contributed by atoms with Gasteiger partial charge in [-0.3, -0.25) is 4.79 Å². The molecule has 66 valence electrons. The van der Waals surface area contributed by atoms with Gasteiger partial charge < -0.3 is 14.9 Å². The second-order valence-corrected chi connectivity index (χ2v) is 1.57. The molecule has 0 saturated carbocycles. The minimum atomic E-state index is -1.23.